The summed E-state index contributed by atoms with van der Waals surface area (Å²) in [7, 11) is 0. The summed E-state index contributed by atoms with van der Waals surface area (Å²) in [6, 6.07) is 94.4. The van der Waals surface area contributed by atoms with Crippen LogP contribution in [0.3, 0.4) is 0 Å². The van der Waals surface area contributed by atoms with Gasteiger partial charge >= 0.3 is 0 Å². The first-order valence-electron chi connectivity index (χ1n) is 24.3. The first-order chi connectivity index (χ1) is 35.2. The number of nitrogens with zero attached hydrogens (tertiary/aromatic N) is 3. The van der Waals surface area contributed by atoms with Gasteiger partial charge in [0.1, 0.15) is 5.82 Å². The van der Waals surface area contributed by atoms with E-state index < -0.39 is 0 Å². The molecular weight excluding hydrogens is 859 g/mol. The number of rotatable bonds is 7. The second kappa shape index (κ2) is 16.7. The number of hydrogen-bond donors (Lipinski definition) is 0. The first-order valence-corrected chi connectivity index (χ1v) is 24.3. The summed E-state index contributed by atoms with van der Waals surface area (Å²) < 4.78 is 2.37. The maximum Gasteiger partial charge on any atom is 0.162 e. The van der Waals surface area contributed by atoms with E-state index in [0.29, 0.717) is 5.82 Å². The summed E-state index contributed by atoms with van der Waals surface area (Å²) in [5.41, 5.74) is 14.4. The van der Waals surface area contributed by atoms with Crippen molar-refractivity contribution in [3.05, 3.63) is 261 Å². The molecule has 0 aliphatic carbocycles. The van der Waals surface area contributed by atoms with Gasteiger partial charge in [-0.25, -0.2) is 9.97 Å². The lowest BCUT2D eigenvalue weighted by atomic mass is 9.91. The monoisotopic (exact) mass is 901 g/mol. The second-order valence-corrected chi connectivity index (χ2v) is 18.5. The van der Waals surface area contributed by atoms with Crippen molar-refractivity contribution < 1.29 is 0 Å². The number of aromatic nitrogens is 3. The highest BCUT2D eigenvalue weighted by molar-refractivity contribution is 6.29. The predicted molar refractivity (Wildman–Crippen MR) is 299 cm³/mol. The Balaban J connectivity index is 1.03. The highest BCUT2D eigenvalue weighted by Gasteiger charge is 2.21. The van der Waals surface area contributed by atoms with Crippen molar-refractivity contribution in [1.82, 2.24) is 14.5 Å². The molecule has 12 aromatic carbocycles. The molecule has 0 spiro atoms. The third-order valence-corrected chi connectivity index (χ3v) is 14.4. The minimum absolute atomic E-state index is 0.665. The molecule has 0 fully saturated rings. The van der Waals surface area contributed by atoms with Crippen molar-refractivity contribution in [2.75, 3.05) is 0 Å². The van der Waals surface area contributed by atoms with Gasteiger partial charge in [-0.2, -0.15) is 0 Å². The smallest absolute Gasteiger partial charge is 0.162 e. The third kappa shape index (κ3) is 7.06. The SMILES string of the molecule is c1ccc(-c2ccc(-c3cc(-n4c5ccc(-c6ccccc6)cc5c5cc6c7ccccc7c7cc(-c8ccc9ccccc9c8)ccc7c6cc54)nc(-c4ccc(-c5ccccc5)cc4)n3)cc2)cc1. The van der Waals surface area contributed by atoms with Crippen LogP contribution in [-0.4, -0.2) is 14.5 Å². The van der Waals surface area contributed by atoms with Crippen LogP contribution < -0.4 is 0 Å². The molecule has 0 radical (unpaired) electrons. The van der Waals surface area contributed by atoms with Crippen molar-refractivity contribution >= 4 is 64.9 Å². The molecular formula is C68H43N3. The molecule has 0 aliphatic heterocycles. The Bertz CT molecular complexity index is 4250. The Morgan fingerprint density at radius 1 is 0.225 bits per heavy atom. The Morgan fingerprint density at radius 3 is 1.34 bits per heavy atom. The highest BCUT2D eigenvalue weighted by Crippen LogP contribution is 2.43. The Labute approximate surface area is 411 Å². The van der Waals surface area contributed by atoms with Gasteiger partial charge in [-0.15, -0.1) is 0 Å². The van der Waals surface area contributed by atoms with E-state index in [4.69, 9.17) is 9.97 Å². The Hall–Kier alpha value is -9.44. The van der Waals surface area contributed by atoms with Crippen LogP contribution in [0.15, 0.2) is 261 Å². The summed E-state index contributed by atoms with van der Waals surface area (Å²) in [4.78, 5) is 10.9. The van der Waals surface area contributed by atoms with Crippen LogP contribution in [-0.2, 0) is 0 Å². The van der Waals surface area contributed by atoms with Crippen LogP contribution in [0.4, 0.5) is 0 Å². The van der Waals surface area contributed by atoms with Crippen LogP contribution >= 0.6 is 0 Å². The van der Waals surface area contributed by atoms with Gasteiger partial charge in [0.2, 0.25) is 0 Å². The summed E-state index contributed by atoms with van der Waals surface area (Å²) >= 11 is 0. The van der Waals surface area contributed by atoms with Gasteiger partial charge in [0, 0.05) is 28.0 Å². The van der Waals surface area contributed by atoms with E-state index in [1.807, 2.05) is 0 Å². The van der Waals surface area contributed by atoms with Crippen LogP contribution in [0.2, 0.25) is 0 Å². The zero-order valence-corrected chi connectivity index (χ0v) is 38.7. The third-order valence-electron chi connectivity index (χ3n) is 14.4. The molecule has 0 atom stereocenters. The van der Waals surface area contributed by atoms with E-state index in [2.05, 4.69) is 265 Å². The highest BCUT2D eigenvalue weighted by atomic mass is 15.1. The normalized spacial score (nSPS) is 11.7. The van der Waals surface area contributed by atoms with Gasteiger partial charge in [-0.05, 0) is 124 Å². The van der Waals surface area contributed by atoms with Gasteiger partial charge in [0.15, 0.2) is 5.82 Å². The molecule has 0 bridgehead atoms. The first kappa shape index (κ1) is 40.6. The Kier molecular flexibility index (Phi) is 9.53. The maximum absolute atomic E-state index is 5.53. The lowest BCUT2D eigenvalue weighted by Gasteiger charge is -2.15. The molecule has 0 amide bonds. The minimum Gasteiger partial charge on any atom is -0.294 e. The summed E-state index contributed by atoms with van der Waals surface area (Å²) in [6.45, 7) is 0. The number of fused-ring (bicyclic) bond motifs is 10. The summed E-state index contributed by atoms with van der Waals surface area (Å²) in [6.07, 6.45) is 0. The molecule has 3 heteroatoms. The van der Waals surface area contributed by atoms with Crippen LogP contribution in [0.25, 0.3) is 138 Å². The van der Waals surface area contributed by atoms with E-state index in [9.17, 15) is 0 Å². The van der Waals surface area contributed by atoms with Crippen LogP contribution in [0.5, 0.6) is 0 Å². The van der Waals surface area contributed by atoms with Crippen LogP contribution in [0.1, 0.15) is 0 Å². The van der Waals surface area contributed by atoms with Gasteiger partial charge in [-0.3, -0.25) is 4.57 Å². The molecule has 0 unspecified atom stereocenters. The van der Waals surface area contributed by atoms with Gasteiger partial charge in [0.25, 0.3) is 0 Å². The van der Waals surface area contributed by atoms with Crippen molar-refractivity contribution in [1.29, 1.82) is 0 Å². The van der Waals surface area contributed by atoms with E-state index >= 15 is 0 Å². The molecule has 0 saturated heterocycles. The van der Waals surface area contributed by atoms with E-state index in [1.165, 1.54) is 87.2 Å². The van der Waals surface area contributed by atoms with E-state index in [0.717, 1.165) is 44.8 Å². The molecule has 0 aliphatic rings. The largest absolute Gasteiger partial charge is 0.294 e. The van der Waals surface area contributed by atoms with Crippen molar-refractivity contribution in [2.45, 2.75) is 0 Å². The fourth-order valence-corrected chi connectivity index (χ4v) is 10.8. The molecule has 14 rings (SSSR count). The molecule has 71 heavy (non-hydrogen) atoms. The lowest BCUT2D eigenvalue weighted by molar-refractivity contribution is 1.05. The van der Waals surface area contributed by atoms with Gasteiger partial charge < -0.3 is 0 Å². The zero-order valence-electron chi connectivity index (χ0n) is 38.7. The Morgan fingerprint density at radius 2 is 0.662 bits per heavy atom. The average Bonchev–Trinajstić information content (AvgIpc) is 3.78. The van der Waals surface area contributed by atoms with Gasteiger partial charge in [-0.1, -0.05) is 218 Å². The predicted octanol–water partition coefficient (Wildman–Crippen LogP) is 18.2. The second-order valence-electron chi connectivity index (χ2n) is 18.5. The van der Waals surface area contributed by atoms with Crippen molar-refractivity contribution in [3.63, 3.8) is 0 Å². The fraction of sp³-hybridized carbons (Fsp3) is 0. The lowest BCUT2D eigenvalue weighted by Crippen LogP contribution is -2.02. The van der Waals surface area contributed by atoms with Gasteiger partial charge in [0.05, 0.1) is 16.7 Å². The van der Waals surface area contributed by atoms with E-state index in [1.54, 1.807) is 0 Å². The molecule has 3 nitrogen and oxygen atoms in total. The summed E-state index contributed by atoms with van der Waals surface area (Å²) in [5.74, 6) is 1.47. The van der Waals surface area contributed by atoms with Crippen molar-refractivity contribution in [3.8, 4) is 73.0 Å². The minimum atomic E-state index is 0.665. The van der Waals surface area contributed by atoms with Crippen LogP contribution in [0, 0.1) is 0 Å². The molecule has 330 valence electrons. The molecule has 0 saturated carbocycles. The number of hydrogen-bond acceptors (Lipinski definition) is 2. The molecule has 0 N–H and O–H groups in total. The molecule has 2 heterocycles. The standard InChI is InChI=1S/C68H43N3/c1-4-14-44(15-5-1)48-24-29-50(30-25-48)64-43-67(70-68(69-64)51-31-26-49(27-32-51)45-16-6-2-7-17-45)71-65-37-35-54(46-18-8-3-9-19-46)40-62(65)63-41-60-57-23-13-12-22-56(57)59-39-55(34-36-58(59)61(60)42-66(63)71)53-33-28-47-20-10-11-21-52(47)38-53/h1-43H. The van der Waals surface area contributed by atoms with E-state index in [-0.39, 0.29) is 0 Å². The number of benzene rings is 12. The summed E-state index contributed by atoms with van der Waals surface area (Å²) in [5, 5.41) is 12.2. The topological polar surface area (TPSA) is 30.7 Å². The maximum atomic E-state index is 5.53. The zero-order chi connectivity index (χ0) is 46.8. The quantitative estimate of drug-likeness (QED) is 0.149. The van der Waals surface area contributed by atoms with Crippen molar-refractivity contribution in [2.24, 2.45) is 0 Å². The molecule has 2 aromatic heterocycles. The molecule has 14 aromatic rings. The fourth-order valence-electron chi connectivity index (χ4n) is 10.8. The average molecular weight is 902 g/mol.